The van der Waals surface area contributed by atoms with Crippen LogP contribution in [0.15, 0.2) is 54.6 Å². The summed E-state index contributed by atoms with van der Waals surface area (Å²) in [5.74, 6) is -0.173. The average molecular weight is 374 g/mol. The number of nitrogens with zero attached hydrogens (tertiary/aromatic N) is 1. The molecule has 4 heterocycles. The van der Waals surface area contributed by atoms with E-state index in [1.807, 2.05) is 42.5 Å². The molecule has 0 saturated carbocycles. The van der Waals surface area contributed by atoms with Gasteiger partial charge in [-0.1, -0.05) is 65.8 Å². The second kappa shape index (κ2) is 5.74. The minimum Gasteiger partial charge on any atom is -0.322 e. The van der Waals surface area contributed by atoms with Crippen molar-refractivity contribution in [1.29, 1.82) is 0 Å². The number of benzene rings is 2. The monoisotopic (exact) mass is 373 g/mol. The lowest BCUT2D eigenvalue weighted by Gasteiger charge is -2.54. The summed E-state index contributed by atoms with van der Waals surface area (Å²) in [6, 6.07) is 17.7. The smallest absolute Gasteiger partial charge is 0.308 e. The van der Waals surface area contributed by atoms with Gasteiger partial charge >= 0.3 is 5.24 Å². The van der Waals surface area contributed by atoms with Crippen molar-refractivity contribution in [1.82, 2.24) is 4.90 Å². The first kappa shape index (κ1) is 15.7. The number of carbonyl (C=O) groups is 1. The van der Waals surface area contributed by atoms with Crippen LogP contribution >= 0.6 is 23.4 Å². The molecule has 2 aromatic rings. The van der Waals surface area contributed by atoms with E-state index in [0.717, 1.165) is 11.1 Å². The predicted molar refractivity (Wildman–Crippen MR) is 95.9 cm³/mol. The van der Waals surface area contributed by atoms with Crippen LogP contribution in [-0.2, 0) is 14.3 Å². The molecule has 1 amide bonds. The number of rotatable bonds is 2. The molecule has 4 aliphatic heterocycles. The van der Waals surface area contributed by atoms with E-state index in [0.29, 0.717) is 18.2 Å². The molecule has 25 heavy (non-hydrogen) atoms. The highest BCUT2D eigenvalue weighted by Gasteiger charge is 2.65. The van der Waals surface area contributed by atoms with Crippen LogP contribution in [0.5, 0.6) is 0 Å². The fraction of sp³-hybridized carbons (Fsp3) is 0.316. The maximum Gasteiger partial charge on any atom is 0.308 e. The molecule has 128 valence electrons. The number of hydrogen-bond acceptors (Lipinski definition) is 4. The van der Waals surface area contributed by atoms with Crippen LogP contribution in [0.4, 0.5) is 0 Å². The number of ether oxygens (including phenoxy) is 2. The van der Waals surface area contributed by atoms with Gasteiger partial charge in [0.25, 0.3) is 0 Å². The Hall–Kier alpha value is -1.53. The molecule has 4 saturated heterocycles. The number of fused-ring (bicyclic) bond motifs is 2. The topological polar surface area (TPSA) is 38.8 Å². The Labute approximate surface area is 155 Å². The van der Waals surface area contributed by atoms with E-state index in [-0.39, 0.29) is 23.2 Å². The molecule has 0 unspecified atom stereocenters. The van der Waals surface area contributed by atoms with Gasteiger partial charge in [-0.25, -0.2) is 0 Å². The Morgan fingerprint density at radius 1 is 1.08 bits per heavy atom. The van der Waals surface area contributed by atoms with Gasteiger partial charge in [0, 0.05) is 5.02 Å². The lowest BCUT2D eigenvalue weighted by molar-refractivity contribution is -0.271. The van der Waals surface area contributed by atoms with Gasteiger partial charge in [-0.2, -0.15) is 0 Å². The van der Waals surface area contributed by atoms with Crippen molar-refractivity contribution in [2.24, 2.45) is 5.92 Å². The fourth-order valence-corrected chi connectivity index (χ4v) is 5.63. The molecule has 0 N–H and O–H groups in total. The average Bonchev–Trinajstić information content (AvgIpc) is 3.07. The number of carbonyl (C=O) groups excluding carboxylic acids is 1. The molecule has 0 aromatic heterocycles. The van der Waals surface area contributed by atoms with E-state index in [1.54, 1.807) is 16.7 Å². The summed E-state index contributed by atoms with van der Waals surface area (Å²) in [6.45, 7) is 1.08. The molecule has 0 aliphatic carbocycles. The van der Waals surface area contributed by atoms with Crippen molar-refractivity contribution in [2.75, 3.05) is 13.2 Å². The highest BCUT2D eigenvalue weighted by atomic mass is 35.5. The van der Waals surface area contributed by atoms with E-state index in [2.05, 4.69) is 12.1 Å². The van der Waals surface area contributed by atoms with Crippen molar-refractivity contribution in [3.8, 4) is 0 Å². The molecule has 4 atom stereocenters. The van der Waals surface area contributed by atoms with Crippen LogP contribution in [0.25, 0.3) is 0 Å². The minimum absolute atomic E-state index is 0.00234. The molecule has 6 rings (SSSR count). The number of amides is 1. The summed E-state index contributed by atoms with van der Waals surface area (Å²) in [5, 5.41) is -0.351. The van der Waals surface area contributed by atoms with Crippen molar-refractivity contribution in [3.05, 3.63) is 70.7 Å². The maximum atomic E-state index is 13.2. The maximum absolute atomic E-state index is 13.2. The van der Waals surface area contributed by atoms with Gasteiger partial charge in [0.2, 0.25) is 5.91 Å². The van der Waals surface area contributed by atoms with Crippen LogP contribution in [0.3, 0.4) is 0 Å². The first-order valence-corrected chi connectivity index (χ1v) is 9.55. The predicted octanol–water partition coefficient (Wildman–Crippen LogP) is 3.99. The Balaban J connectivity index is 1.61. The van der Waals surface area contributed by atoms with Gasteiger partial charge in [-0.3, -0.25) is 9.69 Å². The number of hydrogen-bond donors (Lipinski definition) is 0. The molecule has 2 bridgehead atoms. The third-order valence-electron chi connectivity index (χ3n) is 5.01. The SMILES string of the molecule is O=C1[C@H]2[C@H](c3ccc(Cl)cc3)O[C@]3(OCCN13)S[C@H]2c1ccccc1. The zero-order valence-corrected chi connectivity index (χ0v) is 14.9. The molecule has 1 spiro atoms. The van der Waals surface area contributed by atoms with Gasteiger partial charge in [0.1, 0.15) is 6.10 Å². The molecule has 4 nitrogen and oxygen atoms in total. The lowest BCUT2D eigenvalue weighted by Crippen LogP contribution is -2.62. The third-order valence-corrected chi connectivity index (χ3v) is 6.82. The largest absolute Gasteiger partial charge is 0.322 e. The molecule has 2 aromatic carbocycles. The van der Waals surface area contributed by atoms with Gasteiger partial charge < -0.3 is 9.47 Å². The van der Waals surface area contributed by atoms with Gasteiger partial charge in [-0.15, -0.1) is 0 Å². The molecule has 0 radical (unpaired) electrons. The first-order valence-electron chi connectivity index (χ1n) is 8.29. The normalized spacial score (nSPS) is 33.6. The highest BCUT2D eigenvalue weighted by molar-refractivity contribution is 8.00. The van der Waals surface area contributed by atoms with Crippen molar-refractivity contribution in [3.63, 3.8) is 0 Å². The summed E-state index contributed by atoms with van der Waals surface area (Å²) in [6.07, 6.45) is -0.342. The molecule has 6 heteroatoms. The van der Waals surface area contributed by atoms with Crippen molar-refractivity contribution >= 4 is 29.3 Å². The highest BCUT2D eigenvalue weighted by Crippen LogP contribution is 2.62. The fourth-order valence-electron chi connectivity index (χ4n) is 3.86. The van der Waals surface area contributed by atoms with Crippen LogP contribution in [0.1, 0.15) is 22.5 Å². The number of thioether (sulfide) groups is 1. The van der Waals surface area contributed by atoms with Crippen molar-refractivity contribution < 1.29 is 14.3 Å². The van der Waals surface area contributed by atoms with Crippen LogP contribution < -0.4 is 0 Å². The third kappa shape index (κ3) is 2.34. The zero-order chi connectivity index (χ0) is 17.0. The van der Waals surface area contributed by atoms with E-state index >= 15 is 0 Å². The molecular formula is C19H16ClNO3S. The van der Waals surface area contributed by atoms with Crippen LogP contribution in [0, 0.1) is 5.92 Å². The molecular weight excluding hydrogens is 358 g/mol. The van der Waals surface area contributed by atoms with Gasteiger partial charge in [-0.05, 0) is 23.3 Å². The zero-order valence-electron chi connectivity index (χ0n) is 13.3. The van der Waals surface area contributed by atoms with E-state index in [4.69, 9.17) is 21.1 Å². The number of halogens is 1. The summed E-state index contributed by atoms with van der Waals surface area (Å²) in [5.41, 5.74) is 2.08. The summed E-state index contributed by atoms with van der Waals surface area (Å²) >= 11 is 7.62. The van der Waals surface area contributed by atoms with Crippen LogP contribution in [-0.4, -0.2) is 29.2 Å². The van der Waals surface area contributed by atoms with Gasteiger partial charge in [0.15, 0.2) is 0 Å². The Bertz CT molecular complexity index is 815. The standard InChI is InChI=1S/C19H16ClNO3S/c20-14-8-6-12(7-9-14)16-15-17(13-4-2-1-3-5-13)25-19(24-16)21(18(15)22)10-11-23-19/h1-9,15-17H,10-11H2/t15-,16-,17-,19-/m0/s1. The van der Waals surface area contributed by atoms with E-state index in [9.17, 15) is 4.79 Å². The van der Waals surface area contributed by atoms with Crippen LogP contribution in [0.2, 0.25) is 5.02 Å². The lowest BCUT2D eigenvalue weighted by atomic mass is 9.86. The Kier molecular flexibility index (Phi) is 3.61. The first-order chi connectivity index (χ1) is 12.2. The second-order valence-electron chi connectivity index (χ2n) is 6.43. The van der Waals surface area contributed by atoms with E-state index < -0.39 is 5.24 Å². The summed E-state index contributed by atoms with van der Waals surface area (Å²) in [4.78, 5) is 15.0. The molecule has 4 aliphatic rings. The Morgan fingerprint density at radius 3 is 2.60 bits per heavy atom. The summed E-state index contributed by atoms with van der Waals surface area (Å²) < 4.78 is 12.3. The second-order valence-corrected chi connectivity index (χ2v) is 8.12. The van der Waals surface area contributed by atoms with Crippen molar-refractivity contribution in [2.45, 2.75) is 16.6 Å². The minimum atomic E-state index is -1.02. The summed E-state index contributed by atoms with van der Waals surface area (Å²) in [7, 11) is 0. The Morgan fingerprint density at radius 2 is 1.84 bits per heavy atom. The quantitative estimate of drug-likeness (QED) is 0.798. The van der Waals surface area contributed by atoms with Gasteiger partial charge in [0.05, 0.1) is 24.3 Å². The van der Waals surface area contributed by atoms with E-state index in [1.165, 1.54) is 0 Å². The molecule has 4 fully saturated rings.